The molecule has 0 heterocycles. The molecule has 0 bridgehead atoms. The smallest absolute Gasteiger partial charge is 0.203 e. The van der Waals surface area contributed by atoms with E-state index in [9.17, 15) is 0 Å². The molecule has 0 saturated carbocycles. The van der Waals surface area contributed by atoms with Crippen LogP contribution in [-0.4, -0.2) is 21.3 Å². The normalized spacial score (nSPS) is 10.2. The lowest BCUT2D eigenvalue weighted by atomic mass is 10.2. The largest absolute Gasteiger partial charge is 0.493 e. The van der Waals surface area contributed by atoms with Gasteiger partial charge in [-0.05, 0) is 29.8 Å². The van der Waals surface area contributed by atoms with Crippen molar-refractivity contribution in [3.8, 4) is 17.2 Å². The molecular weight excluding hydrogens is 272 g/mol. The van der Waals surface area contributed by atoms with Crippen molar-refractivity contribution in [2.45, 2.75) is 10.6 Å². The van der Waals surface area contributed by atoms with Gasteiger partial charge in [0, 0.05) is 10.6 Å². The number of hydrogen-bond donors (Lipinski definition) is 0. The summed E-state index contributed by atoms with van der Waals surface area (Å²) < 4.78 is 16.0. The summed E-state index contributed by atoms with van der Waals surface area (Å²) in [6.07, 6.45) is 0. The molecule has 0 saturated heterocycles. The Bertz CT molecular complexity index is 530. The van der Waals surface area contributed by atoms with E-state index in [2.05, 4.69) is 12.1 Å². The zero-order valence-corrected chi connectivity index (χ0v) is 12.7. The molecule has 0 atom stereocenters. The second kappa shape index (κ2) is 7.10. The van der Waals surface area contributed by atoms with Crippen LogP contribution in [0.25, 0.3) is 0 Å². The molecule has 0 radical (unpaired) electrons. The third kappa shape index (κ3) is 3.39. The van der Waals surface area contributed by atoms with Gasteiger partial charge in [-0.3, -0.25) is 0 Å². The quantitative estimate of drug-likeness (QED) is 0.751. The fourth-order valence-electron chi connectivity index (χ4n) is 1.90. The first-order valence-corrected chi connectivity index (χ1v) is 7.23. The maximum atomic E-state index is 5.36. The highest BCUT2D eigenvalue weighted by atomic mass is 32.2. The lowest BCUT2D eigenvalue weighted by Crippen LogP contribution is -1.96. The van der Waals surface area contributed by atoms with E-state index < -0.39 is 0 Å². The Balaban J connectivity index is 2.19. The number of rotatable bonds is 6. The van der Waals surface area contributed by atoms with Gasteiger partial charge in [0.05, 0.1) is 21.3 Å². The molecule has 0 unspecified atom stereocenters. The van der Waals surface area contributed by atoms with Crippen molar-refractivity contribution in [3.63, 3.8) is 0 Å². The topological polar surface area (TPSA) is 27.7 Å². The maximum Gasteiger partial charge on any atom is 0.203 e. The lowest BCUT2D eigenvalue weighted by Gasteiger charge is -2.14. The molecular formula is C16H18O3S. The second-order valence-corrected chi connectivity index (χ2v) is 5.18. The van der Waals surface area contributed by atoms with E-state index in [1.54, 1.807) is 33.1 Å². The third-order valence-corrected chi connectivity index (χ3v) is 3.96. The van der Waals surface area contributed by atoms with Gasteiger partial charge in [0.15, 0.2) is 11.5 Å². The zero-order chi connectivity index (χ0) is 14.4. The summed E-state index contributed by atoms with van der Waals surface area (Å²) in [5.41, 5.74) is 1.13. The number of ether oxygens (including phenoxy) is 3. The van der Waals surface area contributed by atoms with Crippen LogP contribution in [0.15, 0.2) is 47.4 Å². The second-order valence-electron chi connectivity index (χ2n) is 4.14. The Labute approximate surface area is 123 Å². The van der Waals surface area contributed by atoms with E-state index in [0.717, 1.165) is 11.3 Å². The summed E-state index contributed by atoms with van der Waals surface area (Å²) in [5, 5.41) is 0. The fourth-order valence-corrected chi connectivity index (χ4v) is 2.75. The molecule has 2 aromatic rings. The Morgan fingerprint density at radius 3 is 1.95 bits per heavy atom. The Morgan fingerprint density at radius 2 is 1.45 bits per heavy atom. The molecule has 2 aromatic carbocycles. The zero-order valence-electron chi connectivity index (χ0n) is 11.9. The van der Waals surface area contributed by atoms with Crippen LogP contribution < -0.4 is 14.2 Å². The standard InChI is InChI=1S/C16H18O3S/c1-17-14-9-12(10-15(18-2)16(14)19-3)11-20-13-7-5-4-6-8-13/h4-10H,11H2,1-3H3. The van der Waals surface area contributed by atoms with Crippen LogP contribution in [0.4, 0.5) is 0 Å². The van der Waals surface area contributed by atoms with Gasteiger partial charge >= 0.3 is 0 Å². The summed E-state index contributed by atoms with van der Waals surface area (Å²) in [7, 11) is 4.87. The fraction of sp³-hybridized carbons (Fsp3) is 0.250. The van der Waals surface area contributed by atoms with Gasteiger partial charge in [-0.15, -0.1) is 11.8 Å². The van der Waals surface area contributed by atoms with Gasteiger partial charge in [0.2, 0.25) is 5.75 Å². The molecule has 0 spiro atoms. The lowest BCUT2D eigenvalue weighted by molar-refractivity contribution is 0.324. The van der Waals surface area contributed by atoms with E-state index in [0.29, 0.717) is 17.2 Å². The van der Waals surface area contributed by atoms with Crippen molar-refractivity contribution < 1.29 is 14.2 Å². The highest BCUT2D eigenvalue weighted by Crippen LogP contribution is 2.39. The summed E-state index contributed by atoms with van der Waals surface area (Å²) >= 11 is 1.77. The minimum Gasteiger partial charge on any atom is -0.493 e. The summed E-state index contributed by atoms with van der Waals surface area (Å²) in [5.74, 6) is 2.86. The van der Waals surface area contributed by atoms with Crippen LogP contribution in [0, 0.1) is 0 Å². The Morgan fingerprint density at radius 1 is 0.850 bits per heavy atom. The van der Waals surface area contributed by atoms with Crippen LogP contribution in [0.2, 0.25) is 0 Å². The minimum absolute atomic E-state index is 0.628. The van der Waals surface area contributed by atoms with E-state index in [1.165, 1.54) is 4.90 Å². The SMILES string of the molecule is COc1cc(CSc2ccccc2)cc(OC)c1OC. The third-order valence-electron chi connectivity index (χ3n) is 2.87. The van der Waals surface area contributed by atoms with Crippen molar-refractivity contribution in [2.24, 2.45) is 0 Å². The molecule has 0 aliphatic rings. The predicted molar refractivity (Wildman–Crippen MR) is 82.1 cm³/mol. The van der Waals surface area contributed by atoms with Crippen molar-refractivity contribution in [2.75, 3.05) is 21.3 Å². The molecule has 2 rings (SSSR count). The monoisotopic (exact) mass is 290 g/mol. The van der Waals surface area contributed by atoms with Crippen LogP contribution in [0.1, 0.15) is 5.56 Å². The van der Waals surface area contributed by atoms with E-state index in [4.69, 9.17) is 14.2 Å². The van der Waals surface area contributed by atoms with Crippen LogP contribution in [0.5, 0.6) is 17.2 Å². The summed E-state index contributed by atoms with van der Waals surface area (Å²) in [4.78, 5) is 1.24. The molecule has 3 nitrogen and oxygen atoms in total. The van der Waals surface area contributed by atoms with Gasteiger partial charge in [-0.1, -0.05) is 18.2 Å². The van der Waals surface area contributed by atoms with Crippen LogP contribution >= 0.6 is 11.8 Å². The summed E-state index contributed by atoms with van der Waals surface area (Å²) in [6, 6.07) is 14.3. The highest BCUT2D eigenvalue weighted by Gasteiger charge is 2.13. The van der Waals surface area contributed by atoms with Crippen molar-refractivity contribution in [3.05, 3.63) is 48.0 Å². The summed E-state index contributed by atoms with van der Waals surface area (Å²) in [6.45, 7) is 0. The molecule has 0 amide bonds. The molecule has 0 aromatic heterocycles. The van der Waals surface area contributed by atoms with E-state index in [-0.39, 0.29) is 0 Å². The number of methoxy groups -OCH3 is 3. The van der Waals surface area contributed by atoms with Gasteiger partial charge in [-0.25, -0.2) is 0 Å². The average Bonchev–Trinajstić information content (AvgIpc) is 2.52. The first-order chi connectivity index (χ1) is 9.78. The minimum atomic E-state index is 0.628. The van der Waals surface area contributed by atoms with E-state index in [1.807, 2.05) is 30.3 Å². The van der Waals surface area contributed by atoms with Crippen LogP contribution in [-0.2, 0) is 5.75 Å². The molecule has 20 heavy (non-hydrogen) atoms. The number of hydrogen-bond acceptors (Lipinski definition) is 4. The number of thioether (sulfide) groups is 1. The van der Waals surface area contributed by atoms with E-state index >= 15 is 0 Å². The maximum absolute atomic E-state index is 5.36. The van der Waals surface area contributed by atoms with Crippen molar-refractivity contribution >= 4 is 11.8 Å². The average molecular weight is 290 g/mol. The Kier molecular flexibility index (Phi) is 5.18. The molecule has 0 aliphatic carbocycles. The number of benzene rings is 2. The first-order valence-electron chi connectivity index (χ1n) is 6.25. The van der Waals surface area contributed by atoms with Crippen molar-refractivity contribution in [1.82, 2.24) is 0 Å². The van der Waals surface area contributed by atoms with Gasteiger partial charge < -0.3 is 14.2 Å². The highest BCUT2D eigenvalue weighted by molar-refractivity contribution is 7.98. The molecule has 0 aliphatic heterocycles. The van der Waals surface area contributed by atoms with Crippen molar-refractivity contribution in [1.29, 1.82) is 0 Å². The van der Waals surface area contributed by atoms with Gasteiger partial charge in [-0.2, -0.15) is 0 Å². The van der Waals surface area contributed by atoms with Crippen LogP contribution in [0.3, 0.4) is 0 Å². The molecule has 0 fully saturated rings. The van der Waals surface area contributed by atoms with Gasteiger partial charge in [0.25, 0.3) is 0 Å². The first kappa shape index (κ1) is 14.6. The molecule has 0 N–H and O–H groups in total. The Hall–Kier alpha value is -1.81. The molecule has 4 heteroatoms. The molecule has 106 valence electrons. The predicted octanol–water partition coefficient (Wildman–Crippen LogP) is 4.00. The van der Waals surface area contributed by atoms with Gasteiger partial charge in [0.1, 0.15) is 0 Å².